The van der Waals surface area contributed by atoms with Gasteiger partial charge in [-0.3, -0.25) is 10.1 Å². The Bertz CT molecular complexity index is 4440. The standard InChI is InChI=1S/C17H15N3.C15H13N3.C14H11Br.C9H10.2C8H7N.C6H5IN2O2.CH3Br/c18-17-19-12-16(20-17)15-10-8-14(9-11-15)7-6-13-4-2-1-3-5-13;16-15-17-13-9-8-12(10-14(13)18-15)7-6-11-4-2-1-3-5-11;15-14-10-8-13(9-11-14)7-6-12-4-2-1-3-5-12;1-2-6-9-7-4-3-5-8-9;2*1-2-4-8-7(3-1)5-6-9-8;7-4-1-2-5(8)6(3-4)9(10)11;1-2/h1-12H,(H3,18,19,20);1-10H,(H3,16,17,18);1-11H;2-8H,1H3;2*1-6,9H;1-3H,8H2;1H3/b3*7-6+;6-2+;;;;. The molecule has 0 amide bonds. The number of rotatable bonds is 9. The molecule has 0 saturated carbocycles. The molecule has 0 aliphatic carbocycles. The second-order valence-electron chi connectivity index (χ2n) is 20.0. The molecule has 0 aliphatic heterocycles. The smallest absolute Gasteiger partial charge is 0.293 e. The fourth-order valence-electron chi connectivity index (χ4n) is 8.67. The lowest BCUT2D eigenvalue weighted by Gasteiger charge is -1.99. The van der Waals surface area contributed by atoms with Gasteiger partial charge in [-0.1, -0.05) is 281 Å². The molecule has 0 aliphatic rings. The van der Waals surface area contributed by atoms with Gasteiger partial charge in [-0.25, -0.2) is 9.97 Å². The molecule has 0 spiro atoms. The molecule has 0 bridgehead atoms. The van der Waals surface area contributed by atoms with Crippen LogP contribution in [0.5, 0.6) is 0 Å². The Morgan fingerprint density at radius 2 is 0.871 bits per heavy atom. The largest absolute Gasteiger partial charge is 0.393 e. The van der Waals surface area contributed by atoms with Crippen LogP contribution in [0, 0.1) is 13.7 Å². The van der Waals surface area contributed by atoms with E-state index >= 15 is 0 Å². The van der Waals surface area contributed by atoms with Crippen molar-refractivity contribution in [2.45, 2.75) is 6.92 Å². The molecule has 0 radical (unpaired) electrons. The van der Waals surface area contributed by atoms with E-state index in [1.54, 1.807) is 12.3 Å². The van der Waals surface area contributed by atoms with E-state index in [0.717, 1.165) is 41.5 Å². The third-order valence-corrected chi connectivity index (χ3v) is 14.5. The van der Waals surface area contributed by atoms with E-state index in [0.29, 0.717) is 11.9 Å². The Labute approximate surface area is 573 Å². The van der Waals surface area contributed by atoms with Crippen molar-refractivity contribution >= 4 is 153 Å². The second kappa shape index (κ2) is 38.8. The fourth-order valence-corrected chi connectivity index (χ4v) is 9.41. The van der Waals surface area contributed by atoms with Gasteiger partial charge in [-0.05, 0) is 151 Å². The van der Waals surface area contributed by atoms with Gasteiger partial charge in [0, 0.05) is 37.5 Å². The lowest BCUT2D eigenvalue weighted by atomic mass is 10.1. The second-order valence-corrected chi connectivity index (χ2v) is 22.1. The number of H-pyrrole nitrogens is 4. The SMILES string of the molecule is Brc1ccc(/C=C/c2ccccc2)cc1.C/C=C/c1ccccc1.CBr.Nc1ccc(I)cc1[N+](=O)[O-].Nc1nc2ccc(/C=C/c3ccccc3)cc2[nH]1.Nc1ncc(-c2ccc(/C=C/c3ccccc3)cc2)[nH]1.c1ccc2[nH]ccc2c1.c1ccc2[nH]ccc2c1. The minimum atomic E-state index is -0.489. The van der Waals surface area contributed by atoms with Crippen molar-refractivity contribution in [1.29, 1.82) is 0 Å². The summed E-state index contributed by atoms with van der Waals surface area (Å²) < 4.78 is 1.92. The Hall–Kier alpha value is -10.6. The molecule has 12 nitrogen and oxygen atoms in total. The average Bonchev–Trinajstić information content (AvgIpc) is 2.12. The fraction of sp³-hybridized carbons (Fsp3) is 0.0256. The van der Waals surface area contributed by atoms with E-state index in [4.69, 9.17) is 17.2 Å². The summed E-state index contributed by atoms with van der Waals surface area (Å²) in [6.07, 6.45) is 22.3. The molecule has 0 atom stereocenters. The Morgan fingerprint density at radius 1 is 0.452 bits per heavy atom. The summed E-state index contributed by atoms with van der Waals surface area (Å²) in [6.45, 7) is 2.02. The van der Waals surface area contributed by atoms with Crippen LogP contribution in [-0.2, 0) is 0 Å². The van der Waals surface area contributed by atoms with Crippen LogP contribution in [-0.4, -0.2) is 40.7 Å². The van der Waals surface area contributed by atoms with E-state index in [9.17, 15) is 10.1 Å². The number of halogens is 3. The van der Waals surface area contributed by atoms with E-state index in [1.807, 2.05) is 181 Å². The highest BCUT2D eigenvalue weighted by Gasteiger charge is 2.10. The van der Waals surface area contributed by atoms with Gasteiger partial charge in [0.05, 0.1) is 27.8 Å². The molecule has 10 aromatic carbocycles. The molecule has 14 rings (SSSR count). The van der Waals surface area contributed by atoms with E-state index in [-0.39, 0.29) is 11.4 Å². The lowest BCUT2D eigenvalue weighted by molar-refractivity contribution is -0.384. The van der Waals surface area contributed by atoms with Crippen molar-refractivity contribution in [2.24, 2.45) is 0 Å². The summed E-state index contributed by atoms with van der Waals surface area (Å²) in [5.41, 5.74) is 31.3. The van der Waals surface area contributed by atoms with Crippen molar-refractivity contribution < 1.29 is 4.92 Å². The predicted molar refractivity (Wildman–Crippen MR) is 412 cm³/mol. The monoisotopic (exact) mass is 1460 g/mol. The first-order valence-corrected chi connectivity index (χ1v) is 32.8. The van der Waals surface area contributed by atoms with Crippen LogP contribution in [0.4, 0.5) is 23.3 Å². The van der Waals surface area contributed by atoms with Crippen LogP contribution < -0.4 is 17.2 Å². The lowest BCUT2D eigenvalue weighted by Crippen LogP contribution is -1.95. The highest BCUT2D eigenvalue weighted by atomic mass is 127. The molecule has 0 fully saturated rings. The number of nitrogens with one attached hydrogen (secondary N) is 4. The number of hydrogen-bond donors (Lipinski definition) is 7. The number of alkyl halides is 1. The van der Waals surface area contributed by atoms with Gasteiger partial charge in [0.25, 0.3) is 5.69 Å². The molecule has 0 saturated heterocycles. The number of nitro benzene ring substituents is 1. The zero-order valence-corrected chi connectivity index (χ0v) is 56.6. The van der Waals surface area contributed by atoms with Crippen LogP contribution in [0.25, 0.3) is 86.6 Å². The van der Waals surface area contributed by atoms with Crippen molar-refractivity contribution in [3.05, 3.63) is 349 Å². The molecular formula is C78H71Br2IN10O2. The van der Waals surface area contributed by atoms with E-state index < -0.39 is 4.92 Å². The highest BCUT2D eigenvalue weighted by Crippen LogP contribution is 2.24. The zero-order chi connectivity index (χ0) is 65.8. The molecule has 14 aromatic rings. The molecule has 10 N–H and O–H groups in total. The molecule has 93 heavy (non-hydrogen) atoms. The quantitative estimate of drug-likeness (QED) is 0.0185. The number of benzene rings is 10. The molecule has 15 heteroatoms. The minimum absolute atomic E-state index is 0.0306. The van der Waals surface area contributed by atoms with Gasteiger partial charge in [0.15, 0.2) is 11.9 Å². The number of nitro groups is 1. The summed E-state index contributed by atoms with van der Waals surface area (Å²) in [5.74, 6) is 2.70. The number of aromatic nitrogens is 6. The average molecular weight is 1470 g/mol. The summed E-state index contributed by atoms with van der Waals surface area (Å²) in [7, 11) is 0. The van der Waals surface area contributed by atoms with Crippen LogP contribution in [0.15, 0.2) is 296 Å². The number of para-hydroxylation sites is 2. The third-order valence-electron chi connectivity index (χ3n) is 13.3. The number of imidazole rings is 2. The number of hydrogen-bond acceptors (Lipinski definition) is 7. The Morgan fingerprint density at radius 3 is 1.30 bits per heavy atom. The number of aromatic amines is 4. The molecule has 0 unspecified atom stereocenters. The molecule has 4 aromatic heterocycles. The van der Waals surface area contributed by atoms with Gasteiger partial charge < -0.3 is 37.1 Å². The van der Waals surface area contributed by atoms with Gasteiger partial charge in [0.2, 0.25) is 0 Å². The van der Waals surface area contributed by atoms with Gasteiger partial charge >= 0.3 is 0 Å². The third kappa shape index (κ3) is 24.6. The summed E-state index contributed by atoms with van der Waals surface area (Å²) in [4.78, 5) is 30.3. The first-order valence-electron chi connectivity index (χ1n) is 29.3. The molecular weight excluding hydrogens is 1400 g/mol. The number of nitrogens with two attached hydrogens (primary N) is 3. The van der Waals surface area contributed by atoms with Crippen molar-refractivity contribution in [3.63, 3.8) is 0 Å². The van der Waals surface area contributed by atoms with Crippen LogP contribution >= 0.6 is 54.5 Å². The maximum Gasteiger partial charge on any atom is 0.293 e. The molecule has 4 heterocycles. The summed E-state index contributed by atoms with van der Waals surface area (Å²) >= 11 is 8.35. The maximum absolute atomic E-state index is 10.3. The summed E-state index contributed by atoms with van der Waals surface area (Å²) in [6, 6.07) is 88.8. The van der Waals surface area contributed by atoms with Gasteiger partial charge in [0.1, 0.15) is 5.69 Å². The van der Waals surface area contributed by atoms with Crippen LogP contribution in [0.3, 0.4) is 0 Å². The highest BCUT2D eigenvalue weighted by molar-refractivity contribution is 14.1. The predicted octanol–water partition coefficient (Wildman–Crippen LogP) is 21.6. The Balaban J connectivity index is 0.000000156. The number of allylic oxidation sites excluding steroid dienone is 1. The maximum atomic E-state index is 10.3. The van der Waals surface area contributed by atoms with Crippen LogP contribution in [0.1, 0.15) is 45.9 Å². The number of nitrogen functional groups attached to an aromatic ring is 3. The van der Waals surface area contributed by atoms with Crippen molar-refractivity contribution in [1.82, 2.24) is 29.9 Å². The minimum Gasteiger partial charge on any atom is -0.393 e. The van der Waals surface area contributed by atoms with Crippen molar-refractivity contribution in [2.75, 3.05) is 23.0 Å². The first-order chi connectivity index (χ1) is 45.4. The van der Waals surface area contributed by atoms with E-state index in [1.165, 1.54) is 61.8 Å². The van der Waals surface area contributed by atoms with Gasteiger partial charge in [-0.2, -0.15) is 0 Å². The zero-order valence-electron chi connectivity index (χ0n) is 51.3. The topological polar surface area (TPSA) is 210 Å². The Kier molecular flexibility index (Phi) is 29.2. The van der Waals surface area contributed by atoms with Gasteiger partial charge in [-0.15, -0.1) is 0 Å². The first kappa shape index (κ1) is 69.9. The van der Waals surface area contributed by atoms with Crippen LogP contribution in [0.2, 0.25) is 0 Å². The number of anilines is 3. The van der Waals surface area contributed by atoms with Crippen molar-refractivity contribution in [3.8, 4) is 11.3 Å². The number of nitrogens with zero attached hydrogens (tertiary/aromatic N) is 3. The number of fused-ring (bicyclic) bond motifs is 3. The normalized spacial score (nSPS) is 10.5. The van der Waals surface area contributed by atoms with E-state index in [2.05, 4.69) is 226 Å². The summed E-state index contributed by atoms with van der Waals surface area (Å²) in [5, 5.41) is 12.8. The molecule has 466 valence electrons.